The molecule has 0 aromatic carbocycles. The first-order valence-corrected chi connectivity index (χ1v) is 19.6. The molecule has 0 aliphatic heterocycles. The second-order valence-corrected chi connectivity index (χ2v) is 24.7. The van der Waals surface area contributed by atoms with Crippen molar-refractivity contribution in [2.24, 2.45) is 0 Å². The summed E-state index contributed by atoms with van der Waals surface area (Å²) in [6, 6.07) is 0. The Morgan fingerprint density at radius 2 is 1.21 bits per heavy atom. The first kappa shape index (κ1) is 17.8. The molecule has 0 saturated carbocycles. The van der Waals surface area contributed by atoms with Gasteiger partial charge in [-0.2, -0.15) is 0 Å². The van der Waals surface area contributed by atoms with Crippen LogP contribution >= 0.6 is 0 Å². The molecule has 0 bridgehead atoms. The predicted molar refractivity (Wildman–Crippen MR) is 97.4 cm³/mol. The SMILES string of the molecule is [2H]/[C](=C\[Si](C)(C)C)[Sn]([CH2]CCC)([CH2]CCC)[CH2]CCC. The summed E-state index contributed by atoms with van der Waals surface area (Å²) in [6.07, 6.45) is 8.01. The van der Waals surface area contributed by atoms with E-state index in [1.165, 1.54) is 55.9 Å². The van der Waals surface area contributed by atoms with Gasteiger partial charge in [0.25, 0.3) is 0 Å². The van der Waals surface area contributed by atoms with Crippen molar-refractivity contribution in [1.29, 1.82) is 0 Å². The van der Waals surface area contributed by atoms with Gasteiger partial charge in [-0.05, 0) is 0 Å². The van der Waals surface area contributed by atoms with Crippen LogP contribution in [0.4, 0.5) is 0 Å². The van der Waals surface area contributed by atoms with Crippen molar-refractivity contribution in [3.05, 3.63) is 9.77 Å². The van der Waals surface area contributed by atoms with Gasteiger partial charge in [-0.25, -0.2) is 0 Å². The van der Waals surface area contributed by atoms with E-state index in [4.69, 9.17) is 1.37 Å². The first-order chi connectivity index (χ1) is 9.31. The summed E-state index contributed by atoms with van der Waals surface area (Å²) >= 11 is -2.38. The van der Waals surface area contributed by atoms with Gasteiger partial charge in [0.2, 0.25) is 0 Å². The molecule has 0 nitrogen and oxygen atoms in total. The third-order valence-electron chi connectivity index (χ3n) is 3.84. The fourth-order valence-electron chi connectivity index (χ4n) is 2.51. The zero-order valence-electron chi connectivity index (χ0n) is 15.4. The second kappa shape index (κ2) is 10.5. The number of hydrogen-bond acceptors (Lipinski definition) is 0. The van der Waals surface area contributed by atoms with Crippen molar-refractivity contribution in [3.8, 4) is 0 Å². The van der Waals surface area contributed by atoms with Crippen LogP contribution in [0.5, 0.6) is 0 Å². The fraction of sp³-hybridized carbons (Fsp3) is 0.882. The zero-order valence-corrected chi connectivity index (χ0v) is 18.3. The van der Waals surface area contributed by atoms with E-state index in [1.54, 1.807) is 0 Å². The summed E-state index contributed by atoms with van der Waals surface area (Å²) in [6.45, 7) is 14.1. The molecule has 114 valence electrons. The Kier molecular flexibility index (Phi) is 9.82. The molecule has 2 heteroatoms. The molecule has 0 unspecified atom stereocenters. The molecule has 0 aromatic heterocycles. The van der Waals surface area contributed by atoms with Gasteiger partial charge >= 0.3 is 130 Å². The van der Waals surface area contributed by atoms with E-state index in [0.717, 1.165) is 0 Å². The average molecular weight is 390 g/mol. The van der Waals surface area contributed by atoms with Crippen LogP contribution in [0.2, 0.25) is 33.0 Å². The molecule has 0 heterocycles. The Labute approximate surface area is 129 Å². The molecule has 0 N–H and O–H groups in total. The van der Waals surface area contributed by atoms with Gasteiger partial charge in [-0.15, -0.1) is 0 Å². The quantitative estimate of drug-likeness (QED) is 0.340. The van der Waals surface area contributed by atoms with Crippen LogP contribution in [-0.4, -0.2) is 26.5 Å². The van der Waals surface area contributed by atoms with E-state index in [9.17, 15) is 0 Å². The molecule has 0 atom stereocenters. The first-order valence-electron chi connectivity index (χ1n) is 9.01. The molecule has 19 heavy (non-hydrogen) atoms. The fourth-order valence-corrected chi connectivity index (χ4v) is 21.8. The van der Waals surface area contributed by atoms with Gasteiger partial charge in [0, 0.05) is 0 Å². The van der Waals surface area contributed by atoms with Crippen LogP contribution in [0.1, 0.15) is 60.7 Å². The summed E-state index contributed by atoms with van der Waals surface area (Å²) in [4.78, 5) is 0. The molecule has 0 spiro atoms. The molecule has 0 aromatic rings. The summed E-state index contributed by atoms with van der Waals surface area (Å²) in [5.41, 5.74) is 2.45. The van der Waals surface area contributed by atoms with Gasteiger partial charge in [0.05, 0.1) is 0 Å². The number of hydrogen-bond donors (Lipinski definition) is 0. The Balaban J connectivity index is 5.26. The van der Waals surface area contributed by atoms with Gasteiger partial charge < -0.3 is 0 Å². The number of rotatable bonds is 11. The van der Waals surface area contributed by atoms with E-state index >= 15 is 0 Å². The predicted octanol–water partition coefficient (Wildman–Crippen LogP) is 6.81. The van der Waals surface area contributed by atoms with Crippen LogP contribution in [0.3, 0.4) is 0 Å². The Morgan fingerprint density at radius 1 is 0.842 bits per heavy atom. The molecule has 0 saturated heterocycles. The van der Waals surface area contributed by atoms with E-state index in [0.29, 0.717) is 0 Å². The molecule has 0 aliphatic rings. The summed E-state index contributed by atoms with van der Waals surface area (Å²) in [5, 5.41) is 0. The Hall–Kier alpha value is 0.756. The van der Waals surface area contributed by atoms with Crippen LogP contribution in [0.25, 0.3) is 0 Å². The van der Waals surface area contributed by atoms with Gasteiger partial charge in [0.1, 0.15) is 0 Å². The summed E-state index contributed by atoms with van der Waals surface area (Å²) < 4.78 is 14.4. The molecule has 0 rings (SSSR count). The Bertz CT molecular complexity index is 259. The van der Waals surface area contributed by atoms with Crippen LogP contribution in [-0.2, 0) is 0 Å². The minimum absolute atomic E-state index is 1.19. The van der Waals surface area contributed by atoms with Crippen molar-refractivity contribution < 1.29 is 1.37 Å². The standard InChI is InChI=1S/C5H11Si.3C4H9.Sn/c1-5-6(2,3)4;3*1-3-4-2;/h1,5H,2-4H3;3*1,3-4H2,2H3;/i1D;;;;. The molecule has 0 aliphatic carbocycles. The average Bonchev–Trinajstić information content (AvgIpc) is 2.36. The van der Waals surface area contributed by atoms with Gasteiger partial charge in [0.15, 0.2) is 0 Å². The third-order valence-corrected chi connectivity index (χ3v) is 19.1. The monoisotopic (exact) mass is 391 g/mol. The van der Waals surface area contributed by atoms with E-state index < -0.39 is 26.5 Å². The number of unbranched alkanes of at least 4 members (excludes halogenated alkanes) is 3. The minimum atomic E-state index is -2.38. The zero-order chi connectivity index (χ0) is 15.6. The Morgan fingerprint density at radius 3 is 1.47 bits per heavy atom. The maximum absolute atomic E-state index is 8.86. The molecule has 0 radical (unpaired) electrons. The van der Waals surface area contributed by atoms with E-state index in [1.807, 2.05) is 0 Å². The normalized spacial score (nSPS) is 14.6. The summed E-state index contributed by atoms with van der Waals surface area (Å²) in [7, 11) is -1.24. The maximum atomic E-state index is 8.86. The topological polar surface area (TPSA) is 0 Å². The van der Waals surface area contributed by atoms with Crippen molar-refractivity contribution >= 4 is 26.5 Å². The van der Waals surface area contributed by atoms with Crippen LogP contribution in [0.15, 0.2) is 9.77 Å². The molecular weight excluding hydrogens is 351 g/mol. The van der Waals surface area contributed by atoms with Crippen molar-refractivity contribution in [2.45, 2.75) is 92.2 Å². The van der Waals surface area contributed by atoms with Crippen molar-refractivity contribution in [2.75, 3.05) is 0 Å². The van der Waals surface area contributed by atoms with Crippen LogP contribution < -0.4 is 0 Å². The van der Waals surface area contributed by atoms with Gasteiger partial charge in [-0.3, -0.25) is 0 Å². The van der Waals surface area contributed by atoms with Crippen molar-refractivity contribution in [1.82, 2.24) is 0 Å². The second-order valence-electron chi connectivity index (χ2n) is 7.25. The van der Waals surface area contributed by atoms with Crippen LogP contribution in [0, 0.1) is 0 Å². The van der Waals surface area contributed by atoms with E-state index in [-0.39, 0.29) is 0 Å². The van der Waals surface area contributed by atoms with Gasteiger partial charge in [-0.1, -0.05) is 0 Å². The van der Waals surface area contributed by atoms with E-state index in [2.05, 4.69) is 46.1 Å². The summed E-state index contributed by atoms with van der Waals surface area (Å²) in [5.74, 6) is 0. The van der Waals surface area contributed by atoms with Crippen molar-refractivity contribution in [3.63, 3.8) is 0 Å². The molecule has 0 fully saturated rings. The molecular formula is C17H38SiSn. The molecule has 0 amide bonds. The third kappa shape index (κ3) is 10.2.